The predicted octanol–water partition coefficient (Wildman–Crippen LogP) is 3.01. The molecule has 3 atom stereocenters. The molecule has 2 N–H and O–H groups in total. The van der Waals surface area contributed by atoms with Gasteiger partial charge in [-0.2, -0.15) is 0 Å². The fourth-order valence-corrected chi connectivity index (χ4v) is 3.33. The molecule has 0 aromatic carbocycles. The van der Waals surface area contributed by atoms with Gasteiger partial charge in [0.1, 0.15) is 0 Å². The number of rotatable bonds is 3. The lowest BCUT2D eigenvalue weighted by Gasteiger charge is -2.29. The first-order chi connectivity index (χ1) is 7.65. The van der Waals surface area contributed by atoms with Crippen LogP contribution < -0.4 is 5.32 Å². The van der Waals surface area contributed by atoms with E-state index < -0.39 is 0 Å². The average Bonchev–Trinajstić information content (AvgIpc) is 2.65. The maximum absolute atomic E-state index is 9.63. The molecule has 0 spiro atoms. The van der Waals surface area contributed by atoms with Crippen molar-refractivity contribution in [1.82, 2.24) is 5.32 Å². The Bertz CT molecular complexity index is 336. The standard InChI is InChI=1S/C13H21NOS/c1-9-6-7-13(16-9)10(2)14-11-4-3-5-12(15)8-11/h6-7,10-12,14-15H,3-5,8H2,1-2H3. The van der Waals surface area contributed by atoms with E-state index in [-0.39, 0.29) is 6.10 Å². The summed E-state index contributed by atoms with van der Waals surface area (Å²) in [5, 5.41) is 13.3. The van der Waals surface area contributed by atoms with E-state index in [1.807, 2.05) is 11.3 Å². The molecule has 3 unspecified atom stereocenters. The summed E-state index contributed by atoms with van der Waals surface area (Å²) in [6.07, 6.45) is 4.14. The lowest BCUT2D eigenvalue weighted by atomic mass is 9.92. The summed E-state index contributed by atoms with van der Waals surface area (Å²) in [5.74, 6) is 0. The highest BCUT2D eigenvalue weighted by Gasteiger charge is 2.21. The Labute approximate surface area is 102 Å². The molecule has 2 nitrogen and oxygen atoms in total. The first kappa shape index (κ1) is 12.1. The maximum Gasteiger partial charge on any atom is 0.0555 e. The normalized spacial score (nSPS) is 27.9. The molecule has 3 heteroatoms. The summed E-state index contributed by atoms with van der Waals surface area (Å²) in [7, 11) is 0. The zero-order chi connectivity index (χ0) is 11.5. The summed E-state index contributed by atoms with van der Waals surface area (Å²) in [6.45, 7) is 4.36. The number of thiophene rings is 1. The number of aryl methyl sites for hydroxylation is 1. The van der Waals surface area contributed by atoms with Crippen LogP contribution >= 0.6 is 11.3 Å². The molecule has 0 radical (unpaired) electrons. The van der Waals surface area contributed by atoms with E-state index in [4.69, 9.17) is 0 Å². The van der Waals surface area contributed by atoms with Crippen molar-refractivity contribution in [3.05, 3.63) is 21.9 Å². The molecule has 1 aliphatic rings. The average molecular weight is 239 g/mol. The molecular formula is C13H21NOS. The minimum atomic E-state index is -0.0940. The Balaban J connectivity index is 1.89. The zero-order valence-electron chi connectivity index (χ0n) is 10.1. The first-order valence-electron chi connectivity index (χ1n) is 6.15. The number of nitrogens with one attached hydrogen (secondary N) is 1. The van der Waals surface area contributed by atoms with E-state index >= 15 is 0 Å². The van der Waals surface area contributed by atoms with Gasteiger partial charge in [0.25, 0.3) is 0 Å². The topological polar surface area (TPSA) is 32.3 Å². The second kappa shape index (κ2) is 5.30. The Morgan fingerprint density at radius 2 is 2.25 bits per heavy atom. The molecule has 0 aliphatic heterocycles. The minimum Gasteiger partial charge on any atom is -0.393 e. The molecule has 1 heterocycles. The van der Waals surface area contributed by atoms with Crippen molar-refractivity contribution < 1.29 is 5.11 Å². The highest BCUT2D eigenvalue weighted by molar-refractivity contribution is 7.12. The Hall–Kier alpha value is -0.380. The number of aliphatic hydroxyl groups excluding tert-OH is 1. The summed E-state index contributed by atoms with van der Waals surface area (Å²) >= 11 is 1.86. The third-order valence-electron chi connectivity index (χ3n) is 3.32. The third-order valence-corrected chi connectivity index (χ3v) is 4.50. The summed E-state index contributed by atoms with van der Waals surface area (Å²) < 4.78 is 0. The summed E-state index contributed by atoms with van der Waals surface area (Å²) in [6, 6.07) is 5.28. The summed E-state index contributed by atoms with van der Waals surface area (Å²) in [4.78, 5) is 2.77. The molecule has 1 fully saturated rings. The van der Waals surface area contributed by atoms with Gasteiger partial charge in [0, 0.05) is 21.8 Å². The van der Waals surface area contributed by atoms with Crippen LogP contribution in [-0.2, 0) is 0 Å². The number of hydrogen-bond donors (Lipinski definition) is 2. The highest BCUT2D eigenvalue weighted by Crippen LogP contribution is 2.25. The molecule has 0 amide bonds. The lowest BCUT2D eigenvalue weighted by Crippen LogP contribution is -2.37. The smallest absolute Gasteiger partial charge is 0.0555 e. The van der Waals surface area contributed by atoms with E-state index in [0.29, 0.717) is 12.1 Å². The molecule has 2 rings (SSSR count). The molecular weight excluding hydrogens is 218 g/mol. The number of aliphatic hydroxyl groups is 1. The molecule has 0 saturated heterocycles. The van der Waals surface area contributed by atoms with Crippen molar-refractivity contribution in [2.24, 2.45) is 0 Å². The van der Waals surface area contributed by atoms with E-state index in [1.165, 1.54) is 16.2 Å². The second-order valence-electron chi connectivity index (χ2n) is 4.85. The van der Waals surface area contributed by atoms with Gasteiger partial charge in [0.15, 0.2) is 0 Å². The van der Waals surface area contributed by atoms with Crippen LogP contribution in [0.2, 0.25) is 0 Å². The third kappa shape index (κ3) is 3.06. The largest absolute Gasteiger partial charge is 0.393 e. The second-order valence-corrected chi connectivity index (χ2v) is 6.17. The molecule has 90 valence electrons. The lowest BCUT2D eigenvalue weighted by molar-refractivity contribution is 0.109. The van der Waals surface area contributed by atoms with Gasteiger partial charge in [-0.05, 0) is 51.7 Å². The van der Waals surface area contributed by atoms with E-state index in [9.17, 15) is 5.11 Å². The van der Waals surface area contributed by atoms with Gasteiger partial charge in [-0.1, -0.05) is 0 Å². The van der Waals surface area contributed by atoms with Gasteiger partial charge < -0.3 is 10.4 Å². The Morgan fingerprint density at radius 1 is 1.44 bits per heavy atom. The van der Waals surface area contributed by atoms with Gasteiger partial charge in [0.2, 0.25) is 0 Å². The van der Waals surface area contributed by atoms with E-state index in [0.717, 1.165) is 19.3 Å². The quantitative estimate of drug-likeness (QED) is 0.850. The first-order valence-corrected chi connectivity index (χ1v) is 6.97. The van der Waals surface area contributed by atoms with Crippen molar-refractivity contribution in [3.8, 4) is 0 Å². The molecule has 1 saturated carbocycles. The highest BCUT2D eigenvalue weighted by atomic mass is 32.1. The van der Waals surface area contributed by atoms with Crippen LogP contribution in [0.3, 0.4) is 0 Å². The number of hydrogen-bond acceptors (Lipinski definition) is 3. The van der Waals surface area contributed by atoms with Gasteiger partial charge in [-0.3, -0.25) is 0 Å². The maximum atomic E-state index is 9.63. The van der Waals surface area contributed by atoms with Crippen LogP contribution in [0.15, 0.2) is 12.1 Å². The molecule has 1 aromatic rings. The Morgan fingerprint density at radius 3 is 2.88 bits per heavy atom. The van der Waals surface area contributed by atoms with Crippen molar-refractivity contribution in [2.45, 2.75) is 57.7 Å². The molecule has 16 heavy (non-hydrogen) atoms. The summed E-state index contributed by atoms with van der Waals surface area (Å²) in [5.41, 5.74) is 0. The van der Waals surface area contributed by atoms with Crippen molar-refractivity contribution >= 4 is 11.3 Å². The monoisotopic (exact) mass is 239 g/mol. The Kier molecular flexibility index (Phi) is 4.00. The zero-order valence-corrected chi connectivity index (χ0v) is 10.9. The van der Waals surface area contributed by atoms with Crippen LogP contribution in [0, 0.1) is 6.92 Å². The van der Waals surface area contributed by atoms with Gasteiger partial charge in [-0.15, -0.1) is 11.3 Å². The van der Waals surface area contributed by atoms with Crippen molar-refractivity contribution in [2.75, 3.05) is 0 Å². The van der Waals surface area contributed by atoms with Crippen molar-refractivity contribution in [3.63, 3.8) is 0 Å². The van der Waals surface area contributed by atoms with Crippen LogP contribution in [0.5, 0.6) is 0 Å². The van der Waals surface area contributed by atoms with Crippen LogP contribution in [0.25, 0.3) is 0 Å². The van der Waals surface area contributed by atoms with Crippen LogP contribution in [0.1, 0.15) is 48.4 Å². The van der Waals surface area contributed by atoms with Crippen LogP contribution in [-0.4, -0.2) is 17.3 Å². The predicted molar refractivity (Wildman–Crippen MR) is 68.9 cm³/mol. The fourth-order valence-electron chi connectivity index (χ4n) is 2.44. The van der Waals surface area contributed by atoms with Gasteiger partial charge in [-0.25, -0.2) is 0 Å². The molecule has 0 bridgehead atoms. The molecule has 1 aromatic heterocycles. The van der Waals surface area contributed by atoms with E-state index in [2.05, 4.69) is 31.3 Å². The fraction of sp³-hybridized carbons (Fsp3) is 0.692. The van der Waals surface area contributed by atoms with Crippen molar-refractivity contribution in [1.29, 1.82) is 0 Å². The van der Waals surface area contributed by atoms with Gasteiger partial charge >= 0.3 is 0 Å². The SMILES string of the molecule is Cc1ccc(C(C)NC2CCCC(O)C2)s1. The minimum absolute atomic E-state index is 0.0940. The van der Waals surface area contributed by atoms with E-state index in [1.54, 1.807) is 0 Å². The van der Waals surface area contributed by atoms with Crippen LogP contribution in [0.4, 0.5) is 0 Å². The molecule has 1 aliphatic carbocycles. The van der Waals surface area contributed by atoms with Gasteiger partial charge in [0.05, 0.1) is 6.10 Å².